The highest BCUT2D eigenvalue weighted by molar-refractivity contribution is 4.78. The van der Waals surface area contributed by atoms with E-state index in [2.05, 4.69) is 27.7 Å². The first-order chi connectivity index (χ1) is 6.56. The summed E-state index contributed by atoms with van der Waals surface area (Å²) in [6.45, 7) is 11.4. The molecular weight excluding hydrogens is 174 g/mol. The minimum atomic E-state index is 0.242. The van der Waals surface area contributed by atoms with E-state index in [1.165, 1.54) is 12.8 Å². The SMILES string of the molecule is CCCCOCCC(C)(CN)C(C)C. The highest BCUT2D eigenvalue weighted by Crippen LogP contribution is 2.29. The molecule has 0 bridgehead atoms. The third kappa shape index (κ3) is 4.97. The smallest absolute Gasteiger partial charge is 0.0471 e. The van der Waals surface area contributed by atoms with E-state index in [4.69, 9.17) is 10.5 Å². The van der Waals surface area contributed by atoms with Crippen molar-refractivity contribution in [2.75, 3.05) is 19.8 Å². The van der Waals surface area contributed by atoms with Crippen LogP contribution in [-0.4, -0.2) is 19.8 Å². The zero-order valence-corrected chi connectivity index (χ0v) is 10.3. The molecule has 14 heavy (non-hydrogen) atoms. The fourth-order valence-corrected chi connectivity index (χ4v) is 1.28. The number of unbranched alkanes of at least 4 members (excludes halogenated alkanes) is 1. The Bertz CT molecular complexity index is 136. The molecule has 1 atom stereocenters. The summed E-state index contributed by atoms with van der Waals surface area (Å²) >= 11 is 0. The van der Waals surface area contributed by atoms with Gasteiger partial charge in [0.15, 0.2) is 0 Å². The standard InChI is InChI=1S/C12H27NO/c1-5-6-8-14-9-7-12(4,10-13)11(2)3/h11H,5-10,13H2,1-4H3. The molecule has 0 fully saturated rings. The van der Waals surface area contributed by atoms with Gasteiger partial charge in [-0.2, -0.15) is 0 Å². The van der Waals surface area contributed by atoms with Crippen LogP contribution in [0.3, 0.4) is 0 Å². The fourth-order valence-electron chi connectivity index (χ4n) is 1.28. The topological polar surface area (TPSA) is 35.2 Å². The second kappa shape index (κ2) is 7.24. The van der Waals surface area contributed by atoms with Gasteiger partial charge in [-0.3, -0.25) is 0 Å². The van der Waals surface area contributed by atoms with Crippen LogP contribution >= 0.6 is 0 Å². The molecule has 0 aromatic rings. The van der Waals surface area contributed by atoms with E-state index < -0.39 is 0 Å². The first kappa shape index (κ1) is 13.9. The molecule has 0 aliphatic carbocycles. The van der Waals surface area contributed by atoms with Gasteiger partial charge in [-0.05, 0) is 30.7 Å². The molecule has 0 saturated heterocycles. The third-order valence-electron chi connectivity index (χ3n) is 3.32. The van der Waals surface area contributed by atoms with Gasteiger partial charge in [0.25, 0.3) is 0 Å². The summed E-state index contributed by atoms with van der Waals surface area (Å²) in [7, 11) is 0. The molecule has 86 valence electrons. The molecule has 0 amide bonds. The minimum Gasteiger partial charge on any atom is -0.381 e. The van der Waals surface area contributed by atoms with Gasteiger partial charge in [-0.15, -0.1) is 0 Å². The zero-order chi connectivity index (χ0) is 11.0. The lowest BCUT2D eigenvalue weighted by Gasteiger charge is -2.32. The molecule has 0 aromatic carbocycles. The van der Waals surface area contributed by atoms with Crippen molar-refractivity contribution in [2.45, 2.75) is 47.0 Å². The summed E-state index contributed by atoms with van der Waals surface area (Å²) in [5, 5.41) is 0. The molecule has 0 saturated carbocycles. The summed E-state index contributed by atoms with van der Waals surface area (Å²) in [6.07, 6.45) is 3.45. The quantitative estimate of drug-likeness (QED) is 0.613. The first-order valence-electron chi connectivity index (χ1n) is 5.84. The number of hydrogen-bond donors (Lipinski definition) is 1. The molecule has 2 N–H and O–H groups in total. The van der Waals surface area contributed by atoms with E-state index in [1.54, 1.807) is 0 Å². The maximum Gasteiger partial charge on any atom is 0.0471 e. The number of ether oxygens (including phenoxy) is 1. The predicted octanol–water partition coefficient (Wildman–Crippen LogP) is 2.81. The van der Waals surface area contributed by atoms with Crippen LogP contribution in [0.4, 0.5) is 0 Å². The van der Waals surface area contributed by atoms with Crippen molar-refractivity contribution < 1.29 is 4.74 Å². The Morgan fingerprint density at radius 1 is 1.29 bits per heavy atom. The van der Waals surface area contributed by atoms with Gasteiger partial charge >= 0.3 is 0 Å². The summed E-state index contributed by atoms with van der Waals surface area (Å²) in [5.74, 6) is 0.627. The molecule has 0 aliphatic heterocycles. The van der Waals surface area contributed by atoms with Crippen LogP contribution in [0.2, 0.25) is 0 Å². The lowest BCUT2D eigenvalue weighted by Crippen LogP contribution is -2.33. The van der Waals surface area contributed by atoms with E-state index >= 15 is 0 Å². The van der Waals surface area contributed by atoms with Crippen molar-refractivity contribution in [1.29, 1.82) is 0 Å². The normalized spacial score (nSPS) is 15.9. The maximum absolute atomic E-state index is 5.79. The van der Waals surface area contributed by atoms with Crippen LogP contribution in [0.5, 0.6) is 0 Å². The zero-order valence-electron chi connectivity index (χ0n) is 10.3. The minimum absolute atomic E-state index is 0.242. The summed E-state index contributed by atoms with van der Waals surface area (Å²) in [5.41, 5.74) is 6.04. The second-order valence-corrected chi connectivity index (χ2v) is 4.73. The van der Waals surface area contributed by atoms with Crippen molar-refractivity contribution in [3.8, 4) is 0 Å². The number of hydrogen-bond acceptors (Lipinski definition) is 2. The lowest BCUT2D eigenvalue weighted by molar-refractivity contribution is 0.0818. The first-order valence-corrected chi connectivity index (χ1v) is 5.84. The van der Waals surface area contributed by atoms with Crippen molar-refractivity contribution in [3.05, 3.63) is 0 Å². The molecular formula is C12H27NO. The molecule has 1 unspecified atom stereocenters. The van der Waals surface area contributed by atoms with Crippen molar-refractivity contribution in [1.82, 2.24) is 0 Å². The fraction of sp³-hybridized carbons (Fsp3) is 1.00. The largest absolute Gasteiger partial charge is 0.381 e. The van der Waals surface area contributed by atoms with E-state index in [-0.39, 0.29) is 5.41 Å². The molecule has 0 aromatic heterocycles. The average molecular weight is 201 g/mol. The molecule has 0 radical (unpaired) electrons. The van der Waals surface area contributed by atoms with E-state index in [0.717, 1.165) is 26.2 Å². The van der Waals surface area contributed by atoms with Crippen molar-refractivity contribution >= 4 is 0 Å². The predicted molar refractivity (Wildman–Crippen MR) is 62.3 cm³/mol. The maximum atomic E-state index is 5.79. The van der Waals surface area contributed by atoms with Gasteiger partial charge in [-0.1, -0.05) is 34.1 Å². The van der Waals surface area contributed by atoms with E-state index in [1.807, 2.05) is 0 Å². The third-order valence-corrected chi connectivity index (χ3v) is 3.32. The Balaban J connectivity index is 3.63. The van der Waals surface area contributed by atoms with Crippen molar-refractivity contribution in [3.63, 3.8) is 0 Å². The van der Waals surface area contributed by atoms with Gasteiger partial charge in [0.05, 0.1) is 0 Å². The highest BCUT2D eigenvalue weighted by Gasteiger charge is 2.25. The Labute approximate surface area is 89.2 Å². The summed E-state index contributed by atoms with van der Waals surface area (Å²) < 4.78 is 5.57. The van der Waals surface area contributed by atoms with Crippen LogP contribution in [0.25, 0.3) is 0 Å². The second-order valence-electron chi connectivity index (χ2n) is 4.73. The van der Waals surface area contributed by atoms with Crippen LogP contribution in [0.1, 0.15) is 47.0 Å². The van der Waals surface area contributed by atoms with Gasteiger partial charge in [-0.25, -0.2) is 0 Å². The Morgan fingerprint density at radius 2 is 1.93 bits per heavy atom. The van der Waals surface area contributed by atoms with Crippen LogP contribution < -0.4 is 5.73 Å². The van der Waals surface area contributed by atoms with Crippen LogP contribution in [0, 0.1) is 11.3 Å². The molecule has 0 spiro atoms. The lowest BCUT2D eigenvalue weighted by atomic mass is 9.77. The van der Waals surface area contributed by atoms with Crippen LogP contribution in [0.15, 0.2) is 0 Å². The molecule has 2 nitrogen and oxygen atoms in total. The van der Waals surface area contributed by atoms with Gasteiger partial charge in [0, 0.05) is 13.2 Å². The van der Waals surface area contributed by atoms with Gasteiger partial charge in [0.2, 0.25) is 0 Å². The molecule has 2 heteroatoms. The molecule has 0 rings (SSSR count). The average Bonchev–Trinajstić information content (AvgIpc) is 2.17. The van der Waals surface area contributed by atoms with E-state index in [9.17, 15) is 0 Å². The Morgan fingerprint density at radius 3 is 2.36 bits per heavy atom. The monoisotopic (exact) mass is 201 g/mol. The molecule has 0 aliphatic rings. The number of rotatable bonds is 8. The summed E-state index contributed by atoms with van der Waals surface area (Å²) in [6, 6.07) is 0. The van der Waals surface area contributed by atoms with E-state index in [0.29, 0.717) is 5.92 Å². The Hall–Kier alpha value is -0.0800. The summed E-state index contributed by atoms with van der Waals surface area (Å²) in [4.78, 5) is 0. The van der Waals surface area contributed by atoms with Gasteiger partial charge in [0.1, 0.15) is 0 Å². The van der Waals surface area contributed by atoms with Crippen LogP contribution in [-0.2, 0) is 4.74 Å². The highest BCUT2D eigenvalue weighted by atomic mass is 16.5. The van der Waals surface area contributed by atoms with Crippen molar-refractivity contribution in [2.24, 2.45) is 17.1 Å². The van der Waals surface area contributed by atoms with Gasteiger partial charge < -0.3 is 10.5 Å². The molecule has 0 heterocycles. The Kier molecular flexibility index (Phi) is 7.20. The number of nitrogens with two attached hydrogens (primary N) is 1.